The van der Waals surface area contributed by atoms with Crippen LogP contribution < -0.4 is 10.6 Å². The van der Waals surface area contributed by atoms with Crippen LogP contribution >= 0.6 is 0 Å². The van der Waals surface area contributed by atoms with Gasteiger partial charge >= 0.3 is 24.2 Å². The number of carbonyl (C=O) groups is 4. The van der Waals surface area contributed by atoms with Crippen molar-refractivity contribution in [1.82, 2.24) is 10.6 Å². The summed E-state index contributed by atoms with van der Waals surface area (Å²) in [5.74, 6) is -5.86. The summed E-state index contributed by atoms with van der Waals surface area (Å²) < 4.78 is 48.6. The largest absolute Gasteiger partial charge is 0.479 e. The summed E-state index contributed by atoms with van der Waals surface area (Å²) in [5, 5.41) is 11.8. The van der Waals surface area contributed by atoms with Crippen LogP contribution in [0.15, 0.2) is 48.5 Å². The van der Waals surface area contributed by atoms with Gasteiger partial charge in [0.05, 0.1) is 6.61 Å². The van der Waals surface area contributed by atoms with E-state index in [1.54, 1.807) is 0 Å². The molecule has 2 unspecified atom stereocenters. The molecule has 2 aromatic carbocycles. The summed E-state index contributed by atoms with van der Waals surface area (Å²) in [6.07, 6.45) is -6.62. The molecule has 0 radical (unpaired) electrons. The summed E-state index contributed by atoms with van der Waals surface area (Å²) in [6.45, 7) is 0.921. The maximum Gasteiger partial charge on any atom is 0.419 e. The third-order valence-electron chi connectivity index (χ3n) is 5.25. The van der Waals surface area contributed by atoms with Gasteiger partial charge in [-0.3, -0.25) is 10.1 Å². The van der Waals surface area contributed by atoms with Crippen LogP contribution in [-0.4, -0.2) is 60.5 Å². The molecule has 2 atom stereocenters. The predicted octanol–water partition coefficient (Wildman–Crippen LogP) is 2.59. The lowest BCUT2D eigenvalue weighted by Gasteiger charge is -2.22. The van der Waals surface area contributed by atoms with Crippen LogP contribution in [0.1, 0.15) is 24.0 Å². The van der Waals surface area contributed by atoms with Gasteiger partial charge in [-0.1, -0.05) is 48.5 Å². The number of hydrogen-bond donors (Lipinski definition) is 3. The predicted molar refractivity (Wildman–Crippen MR) is 114 cm³/mol. The smallest absolute Gasteiger partial charge is 0.419 e. The Morgan fingerprint density at radius 1 is 0.943 bits per heavy atom. The van der Waals surface area contributed by atoms with Crippen LogP contribution in [0.4, 0.5) is 18.0 Å². The number of aliphatic carboxylic acids is 1. The lowest BCUT2D eigenvalue weighted by Crippen LogP contribution is -2.59. The van der Waals surface area contributed by atoms with Crippen molar-refractivity contribution in [3.63, 3.8) is 0 Å². The fraction of sp³-hybridized carbons (Fsp3) is 0.304. The van der Waals surface area contributed by atoms with Gasteiger partial charge in [0.1, 0.15) is 6.61 Å². The molecule has 0 aliphatic heterocycles. The molecule has 0 heterocycles. The van der Waals surface area contributed by atoms with Crippen molar-refractivity contribution in [2.45, 2.75) is 31.1 Å². The zero-order valence-corrected chi connectivity index (χ0v) is 18.3. The minimum atomic E-state index is -5.34. The molecule has 186 valence electrons. The summed E-state index contributed by atoms with van der Waals surface area (Å²) >= 11 is 0. The Balaban J connectivity index is 1.72. The van der Waals surface area contributed by atoms with Gasteiger partial charge in [0.15, 0.2) is 0 Å². The Bertz CT molecular complexity index is 1090. The summed E-state index contributed by atoms with van der Waals surface area (Å²) in [7, 11) is 0. The Labute approximate surface area is 197 Å². The minimum absolute atomic E-state index is 0.197. The first-order valence-electron chi connectivity index (χ1n) is 10.4. The second-order valence-corrected chi connectivity index (χ2v) is 7.48. The third-order valence-corrected chi connectivity index (χ3v) is 5.25. The molecule has 0 saturated heterocycles. The normalized spacial score (nSPS) is 14.2. The van der Waals surface area contributed by atoms with Gasteiger partial charge in [0.2, 0.25) is 12.1 Å². The van der Waals surface area contributed by atoms with E-state index in [-0.39, 0.29) is 19.1 Å². The highest BCUT2D eigenvalue weighted by Gasteiger charge is 2.48. The first-order chi connectivity index (χ1) is 16.5. The highest BCUT2D eigenvalue weighted by molar-refractivity contribution is 6.05. The van der Waals surface area contributed by atoms with Crippen LogP contribution in [0.3, 0.4) is 0 Å². The second kappa shape index (κ2) is 10.5. The van der Waals surface area contributed by atoms with E-state index in [9.17, 15) is 32.3 Å². The van der Waals surface area contributed by atoms with Crippen molar-refractivity contribution < 1.29 is 46.9 Å². The number of carboxylic acid groups (broad SMARTS) is 1. The maximum absolute atomic E-state index is 12.9. The van der Waals surface area contributed by atoms with Crippen LogP contribution in [-0.2, 0) is 23.9 Å². The van der Waals surface area contributed by atoms with Crippen LogP contribution in [0, 0.1) is 0 Å². The van der Waals surface area contributed by atoms with Crippen molar-refractivity contribution in [1.29, 1.82) is 0 Å². The van der Waals surface area contributed by atoms with Crippen LogP contribution in [0.25, 0.3) is 11.1 Å². The van der Waals surface area contributed by atoms with Gasteiger partial charge in [-0.25, -0.2) is 14.4 Å². The molecule has 3 rings (SSSR count). The molecule has 1 aliphatic rings. The molecule has 2 aromatic rings. The topological polar surface area (TPSA) is 131 Å². The molecule has 2 amide bonds. The summed E-state index contributed by atoms with van der Waals surface area (Å²) in [5.41, 5.74) is 3.67. The van der Waals surface area contributed by atoms with Gasteiger partial charge < -0.3 is 19.9 Å². The average molecular weight is 494 g/mol. The number of carbonyl (C=O) groups excluding carboxylic acids is 3. The Kier molecular flexibility index (Phi) is 7.62. The van der Waals surface area contributed by atoms with E-state index in [0.29, 0.717) is 0 Å². The number of esters is 1. The quantitative estimate of drug-likeness (QED) is 0.380. The number of amides is 2. The van der Waals surface area contributed by atoms with E-state index in [4.69, 9.17) is 9.84 Å². The maximum atomic E-state index is 12.9. The van der Waals surface area contributed by atoms with Gasteiger partial charge in [-0.05, 0) is 29.2 Å². The molecule has 1 aliphatic carbocycles. The number of ether oxygens (including phenoxy) is 2. The monoisotopic (exact) mass is 494 g/mol. The number of halogens is 3. The van der Waals surface area contributed by atoms with Crippen LogP contribution in [0.2, 0.25) is 0 Å². The van der Waals surface area contributed by atoms with E-state index in [0.717, 1.165) is 22.3 Å². The molecule has 35 heavy (non-hydrogen) atoms. The van der Waals surface area contributed by atoms with Crippen molar-refractivity contribution in [2.75, 3.05) is 13.2 Å². The number of alkyl carbamates (subject to hydrolysis) is 1. The number of nitrogens with one attached hydrogen (secondary N) is 2. The number of fused-ring (bicyclic) bond motifs is 3. The highest BCUT2D eigenvalue weighted by Crippen LogP contribution is 2.44. The van der Waals surface area contributed by atoms with E-state index in [1.807, 2.05) is 53.8 Å². The first-order valence-corrected chi connectivity index (χ1v) is 10.4. The molecule has 12 heteroatoms. The fourth-order valence-corrected chi connectivity index (χ4v) is 3.72. The Morgan fingerprint density at radius 2 is 1.49 bits per heavy atom. The summed E-state index contributed by atoms with van der Waals surface area (Å²) in [6, 6.07) is 9.34. The zero-order valence-electron chi connectivity index (χ0n) is 18.3. The SMILES string of the molecule is CCOC(=O)C(NC(=O)OCC1c2ccccc2-c2ccccc21)C(=O)NC(C(=O)O)C(F)(F)F. The van der Waals surface area contributed by atoms with E-state index in [1.165, 1.54) is 12.2 Å². The van der Waals surface area contributed by atoms with Crippen molar-refractivity contribution in [2.24, 2.45) is 0 Å². The van der Waals surface area contributed by atoms with Crippen molar-refractivity contribution >= 4 is 23.9 Å². The Morgan fingerprint density at radius 3 is 1.97 bits per heavy atom. The zero-order chi connectivity index (χ0) is 25.8. The number of rotatable bonds is 8. The molecular weight excluding hydrogens is 473 g/mol. The first kappa shape index (κ1) is 25.5. The van der Waals surface area contributed by atoms with Gasteiger partial charge in [0, 0.05) is 5.92 Å². The lowest BCUT2D eigenvalue weighted by molar-refractivity contribution is -0.183. The molecule has 0 spiro atoms. The van der Waals surface area contributed by atoms with Gasteiger partial charge in [0.25, 0.3) is 5.91 Å². The molecular formula is C23H21F3N2O7. The minimum Gasteiger partial charge on any atom is -0.479 e. The fourth-order valence-electron chi connectivity index (χ4n) is 3.72. The summed E-state index contributed by atoms with van der Waals surface area (Å²) in [4.78, 5) is 47.7. The van der Waals surface area contributed by atoms with E-state index in [2.05, 4.69) is 4.74 Å². The average Bonchev–Trinajstić information content (AvgIpc) is 3.12. The van der Waals surface area contributed by atoms with Gasteiger partial charge in [-0.15, -0.1) is 0 Å². The third kappa shape index (κ3) is 5.70. The van der Waals surface area contributed by atoms with Crippen molar-refractivity contribution in [3.8, 4) is 11.1 Å². The second-order valence-electron chi connectivity index (χ2n) is 7.48. The standard InChI is InChI=1S/C23H21F3N2O7/c1-2-34-21(32)17(19(29)28-18(20(30)31)23(24,25)26)27-22(33)35-11-16-14-9-5-3-7-12(14)13-8-4-6-10-15(13)16/h3-10,16-18H,2,11H2,1H3,(H,27,33)(H,28,29)(H,30,31). The molecule has 0 fully saturated rings. The molecule has 3 N–H and O–H groups in total. The molecule has 0 aromatic heterocycles. The number of carboxylic acids is 1. The highest BCUT2D eigenvalue weighted by atomic mass is 19.4. The number of benzene rings is 2. The van der Waals surface area contributed by atoms with E-state index >= 15 is 0 Å². The molecule has 0 bridgehead atoms. The number of hydrogen-bond acceptors (Lipinski definition) is 6. The lowest BCUT2D eigenvalue weighted by atomic mass is 9.98. The molecule has 9 nitrogen and oxygen atoms in total. The van der Waals surface area contributed by atoms with Crippen molar-refractivity contribution in [3.05, 3.63) is 59.7 Å². The molecule has 0 saturated carbocycles. The number of alkyl halides is 3. The van der Waals surface area contributed by atoms with E-state index < -0.39 is 42.2 Å². The van der Waals surface area contributed by atoms with Crippen LogP contribution in [0.5, 0.6) is 0 Å². The van der Waals surface area contributed by atoms with Gasteiger partial charge in [-0.2, -0.15) is 13.2 Å². The Hall–Kier alpha value is -4.09.